The summed E-state index contributed by atoms with van der Waals surface area (Å²) in [6.07, 6.45) is 4.00. The number of hydrogen-bond donors (Lipinski definition) is 2. The molecule has 1 aliphatic carbocycles. The van der Waals surface area contributed by atoms with Gasteiger partial charge in [0, 0.05) is 11.3 Å². The van der Waals surface area contributed by atoms with Crippen molar-refractivity contribution in [3.8, 4) is 0 Å². The standard InChI is InChI=1S/C9H13N3O2/c1-14-8(13)9(10)4-2-3-7-6(9)5-11-12-7/h5H,2-4,10H2,1H3,(H,11,12). The molecule has 1 aliphatic rings. The maximum absolute atomic E-state index is 11.6. The highest BCUT2D eigenvalue weighted by Gasteiger charge is 2.41. The summed E-state index contributed by atoms with van der Waals surface area (Å²) < 4.78 is 4.71. The minimum absolute atomic E-state index is 0.389. The number of aryl methyl sites for hydroxylation is 1. The molecule has 0 radical (unpaired) electrons. The lowest BCUT2D eigenvalue weighted by molar-refractivity contribution is -0.148. The Hall–Kier alpha value is -1.36. The molecular formula is C9H13N3O2. The molecule has 3 N–H and O–H groups in total. The highest BCUT2D eigenvalue weighted by molar-refractivity contribution is 5.82. The zero-order valence-corrected chi connectivity index (χ0v) is 8.04. The zero-order valence-electron chi connectivity index (χ0n) is 8.04. The van der Waals surface area contributed by atoms with E-state index in [0.29, 0.717) is 6.42 Å². The van der Waals surface area contributed by atoms with Crippen LogP contribution in [0.5, 0.6) is 0 Å². The van der Waals surface area contributed by atoms with Crippen molar-refractivity contribution in [2.45, 2.75) is 24.8 Å². The fraction of sp³-hybridized carbons (Fsp3) is 0.556. The van der Waals surface area contributed by atoms with E-state index >= 15 is 0 Å². The van der Waals surface area contributed by atoms with Gasteiger partial charge in [-0.25, -0.2) is 4.79 Å². The summed E-state index contributed by atoms with van der Waals surface area (Å²) in [6.45, 7) is 0. The van der Waals surface area contributed by atoms with Gasteiger partial charge in [0.05, 0.1) is 13.3 Å². The van der Waals surface area contributed by atoms with Gasteiger partial charge >= 0.3 is 5.97 Å². The van der Waals surface area contributed by atoms with Crippen molar-refractivity contribution in [1.29, 1.82) is 0 Å². The Morgan fingerprint density at radius 2 is 2.57 bits per heavy atom. The quantitative estimate of drug-likeness (QED) is 0.621. The summed E-state index contributed by atoms with van der Waals surface area (Å²) in [6, 6.07) is 0. The molecular weight excluding hydrogens is 182 g/mol. The largest absolute Gasteiger partial charge is 0.467 e. The molecule has 76 valence electrons. The van der Waals surface area contributed by atoms with E-state index in [1.165, 1.54) is 7.11 Å². The number of fused-ring (bicyclic) bond motifs is 1. The SMILES string of the molecule is COC(=O)C1(N)CCCc2[nH]ncc21. The van der Waals surface area contributed by atoms with Crippen molar-refractivity contribution in [1.82, 2.24) is 10.2 Å². The predicted octanol–water partition coefficient (Wildman–Crippen LogP) is 0.0730. The number of aromatic nitrogens is 2. The van der Waals surface area contributed by atoms with Crippen molar-refractivity contribution in [2.24, 2.45) is 5.73 Å². The first-order valence-electron chi connectivity index (χ1n) is 4.58. The average molecular weight is 195 g/mol. The van der Waals surface area contributed by atoms with E-state index < -0.39 is 5.54 Å². The number of nitrogens with zero attached hydrogens (tertiary/aromatic N) is 1. The predicted molar refractivity (Wildman–Crippen MR) is 49.4 cm³/mol. The molecule has 5 nitrogen and oxygen atoms in total. The number of nitrogens with one attached hydrogen (secondary N) is 1. The zero-order chi connectivity index (χ0) is 10.2. The third-order valence-corrected chi connectivity index (χ3v) is 2.75. The van der Waals surface area contributed by atoms with E-state index in [1.54, 1.807) is 6.20 Å². The van der Waals surface area contributed by atoms with Crippen LogP contribution in [0.15, 0.2) is 6.20 Å². The maximum atomic E-state index is 11.6. The van der Waals surface area contributed by atoms with Gasteiger partial charge in [-0.05, 0) is 19.3 Å². The average Bonchev–Trinajstić information content (AvgIpc) is 2.66. The van der Waals surface area contributed by atoms with Crippen LogP contribution < -0.4 is 5.73 Å². The van der Waals surface area contributed by atoms with E-state index in [1.807, 2.05) is 0 Å². The molecule has 1 atom stereocenters. The van der Waals surface area contributed by atoms with Crippen molar-refractivity contribution in [3.63, 3.8) is 0 Å². The van der Waals surface area contributed by atoms with Crippen LogP contribution in [0.1, 0.15) is 24.1 Å². The van der Waals surface area contributed by atoms with Crippen LogP contribution in [0.2, 0.25) is 0 Å². The van der Waals surface area contributed by atoms with Crippen molar-refractivity contribution in [3.05, 3.63) is 17.5 Å². The number of carbonyl (C=O) groups excluding carboxylic acids is 1. The molecule has 0 amide bonds. The molecule has 5 heteroatoms. The van der Waals surface area contributed by atoms with Gasteiger partial charge in [-0.2, -0.15) is 5.10 Å². The lowest BCUT2D eigenvalue weighted by atomic mass is 9.81. The number of hydrogen-bond acceptors (Lipinski definition) is 4. The molecule has 14 heavy (non-hydrogen) atoms. The lowest BCUT2D eigenvalue weighted by Gasteiger charge is -2.29. The van der Waals surface area contributed by atoms with Gasteiger partial charge in [-0.3, -0.25) is 5.10 Å². The monoisotopic (exact) mass is 195 g/mol. The molecule has 0 aromatic carbocycles. The van der Waals surface area contributed by atoms with E-state index in [2.05, 4.69) is 10.2 Å². The van der Waals surface area contributed by atoms with Crippen LogP contribution in [0.3, 0.4) is 0 Å². The Bertz CT molecular complexity index is 361. The molecule has 1 unspecified atom stereocenters. The van der Waals surface area contributed by atoms with E-state index in [0.717, 1.165) is 24.1 Å². The first-order valence-corrected chi connectivity index (χ1v) is 4.58. The lowest BCUT2D eigenvalue weighted by Crippen LogP contribution is -2.47. The topological polar surface area (TPSA) is 81.0 Å². The minimum atomic E-state index is -1.00. The van der Waals surface area contributed by atoms with Crippen LogP contribution in [0, 0.1) is 0 Å². The molecule has 1 heterocycles. The van der Waals surface area contributed by atoms with E-state index in [9.17, 15) is 4.79 Å². The number of esters is 1. The summed E-state index contributed by atoms with van der Waals surface area (Å²) in [4.78, 5) is 11.6. The number of H-pyrrole nitrogens is 1. The summed E-state index contributed by atoms with van der Waals surface area (Å²) in [5, 5.41) is 6.76. The molecule has 1 aromatic heterocycles. The van der Waals surface area contributed by atoms with Crippen molar-refractivity contribution >= 4 is 5.97 Å². The number of methoxy groups -OCH3 is 1. The highest BCUT2D eigenvalue weighted by atomic mass is 16.5. The normalized spacial score (nSPS) is 25.6. The van der Waals surface area contributed by atoms with Gasteiger partial charge in [0.1, 0.15) is 5.54 Å². The van der Waals surface area contributed by atoms with Gasteiger partial charge in [0.25, 0.3) is 0 Å². The summed E-state index contributed by atoms with van der Waals surface area (Å²) in [5.74, 6) is -0.389. The molecule has 0 aliphatic heterocycles. The Morgan fingerprint density at radius 3 is 3.29 bits per heavy atom. The van der Waals surface area contributed by atoms with Crippen molar-refractivity contribution < 1.29 is 9.53 Å². The third-order valence-electron chi connectivity index (χ3n) is 2.75. The van der Waals surface area contributed by atoms with Crippen LogP contribution >= 0.6 is 0 Å². The molecule has 0 fully saturated rings. The first-order chi connectivity index (χ1) is 6.68. The van der Waals surface area contributed by atoms with Gasteiger partial charge < -0.3 is 10.5 Å². The number of aromatic amines is 1. The second-order valence-electron chi connectivity index (χ2n) is 3.58. The smallest absolute Gasteiger partial charge is 0.330 e. The molecule has 0 spiro atoms. The third kappa shape index (κ3) is 1.13. The second-order valence-corrected chi connectivity index (χ2v) is 3.58. The van der Waals surface area contributed by atoms with Gasteiger partial charge in [0.15, 0.2) is 0 Å². The fourth-order valence-electron chi connectivity index (χ4n) is 1.96. The Balaban J connectivity index is 2.44. The van der Waals surface area contributed by atoms with Gasteiger partial charge in [0.2, 0.25) is 0 Å². The second kappa shape index (κ2) is 3.09. The van der Waals surface area contributed by atoms with Crippen LogP contribution in [-0.2, 0) is 21.5 Å². The van der Waals surface area contributed by atoms with Crippen LogP contribution in [0.4, 0.5) is 0 Å². The summed E-state index contributed by atoms with van der Waals surface area (Å²) in [7, 11) is 1.35. The Morgan fingerprint density at radius 1 is 1.79 bits per heavy atom. The van der Waals surface area contributed by atoms with Crippen LogP contribution in [-0.4, -0.2) is 23.3 Å². The highest BCUT2D eigenvalue weighted by Crippen LogP contribution is 2.32. The number of carbonyl (C=O) groups is 1. The number of nitrogens with two attached hydrogens (primary N) is 1. The van der Waals surface area contributed by atoms with Crippen molar-refractivity contribution in [2.75, 3.05) is 7.11 Å². The molecule has 1 aromatic rings. The molecule has 0 saturated heterocycles. The van der Waals surface area contributed by atoms with Crippen LogP contribution in [0.25, 0.3) is 0 Å². The molecule has 0 saturated carbocycles. The number of rotatable bonds is 1. The van der Waals surface area contributed by atoms with E-state index in [-0.39, 0.29) is 5.97 Å². The maximum Gasteiger partial charge on any atom is 0.330 e. The summed E-state index contributed by atoms with van der Waals surface area (Å²) >= 11 is 0. The van der Waals surface area contributed by atoms with Gasteiger partial charge in [-0.1, -0.05) is 0 Å². The fourth-order valence-corrected chi connectivity index (χ4v) is 1.96. The first kappa shape index (κ1) is 9.21. The summed E-state index contributed by atoms with van der Waals surface area (Å²) in [5.41, 5.74) is 6.75. The van der Waals surface area contributed by atoms with E-state index in [4.69, 9.17) is 10.5 Å². The molecule has 0 bridgehead atoms. The number of ether oxygens (including phenoxy) is 1. The Kier molecular flexibility index (Phi) is 2.03. The molecule has 2 rings (SSSR count). The minimum Gasteiger partial charge on any atom is -0.467 e. The van der Waals surface area contributed by atoms with Gasteiger partial charge in [-0.15, -0.1) is 0 Å². The Labute approximate surface area is 81.6 Å².